The molecule has 5 heterocycles. The monoisotopic (exact) mass is 394 g/mol. The van der Waals surface area contributed by atoms with Crippen LogP contribution in [0.15, 0.2) is 30.7 Å². The molecule has 142 valence electrons. The summed E-state index contributed by atoms with van der Waals surface area (Å²) in [5.74, 6) is -0.216. The van der Waals surface area contributed by atoms with Crippen LogP contribution >= 0.6 is 11.3 Å². The van der Waals surface area contributed by atoms with Crippen LogP contribution in [-0.2, 0) is 24.3 Å². The van der Waals surface area contributed by atoms with Crippen molar-refractivity contribution in [3.05, 3.63) is 52.7 Å². The number of hydrogen-bond donors (Lipinski definition) is 1. The van der Waals surface area contributed by atoms with Crippen LogP contribution in [0.3, 0.4) is 0 Å². The summed E-state index contributed by atoms with van der Waals surface area (Å²) in [6.07, 6.45) is 4.07. The van der Waals surface area contributed by atoms with Crippen molar-refractivity contribution in [2.24, 2.45) is 0 Å². The Morgan fingerprint density at radius 1 is 1.36 bits per heavy atom. The largest absolute Gasteiger partial charge is 0.370 e. The van der Waals surface area contributed by atoms with E-state index in [1.54, 1.807) is 28.4 Å². The fraction of sp³-hybridized carbons (Fsp3) is 0.316. The van der Waals surface area contributed by atoms with Crippen molar-refractivity contribution in [1.82, 2.24) is 29.9 Å². The van der Waals surface area contributed by atoms with E-state index in [9.17, 15) is 4.79 Å². The number of carbonyl (C=O) groups excluding carboxylic acids is 1. The van der Waals surface area contributed by atoms with Gasteiger partial charge in [0.25, 0.3) is 5.91 Å². The third kappa shape index (κ3) is 2.92. The zero-order valence-electron chi connectivity index (χ0n) is 15.5. The standard InChI is InChI=1S/C19H18N6O2S/c1-19(2)7-12-13(9-27-19)28-18-14(12)16-23-15(24-25(16)10-22-18)17(26)21-8-11-5-3-4-6-20-11/h3-6,10H,7-9H2,1-2H3,(H,21,26). The second kappa shape index (κ2) is 6.32. The van der Waals surface area contributed by atoms with Gasteiger partial charge in [-0.15, -0.1) is 16.4 Å². The highest BCUT2D eigenvalue weighted by Gasteiger charge is 2.31. The molecular formula is C19H18N6O2S. The summed E-state index contributed by atoms with van der Waals surface area (Å²) >= 11 is 1.61. The second-order valence-electron chi connectivity index (χ2n) is 7.36. The summed E-state index contributed by atoms with van der Waals surface area (Å²) in [4.78, 5) is 27.8. The SMILES string of the molecule is CC1(C)Cc2c(sc3ncn4nc(C(=O)NCc5ccccn5)nc4c23)CO1. The molecule has 0 bridgehead atoms. The Balaban J connectivity index is 1.51. The van der Waals surface area contributed by atoms with E-state index in [1.165, 1.54) is 10.4 Å². The first-order valence-corrected chi connectivity index (χ1v) is 9.79. The summed E-state index contributed by atoms with van der Waals surface area (Å²) < 4.78 is 7.50. The summed E-state index contributed by atoms with van der Waals surface area (Å²) in [6, 6.07) is 5.57. The third-order valence-electron chi connectivity index (χ3n) is 4.77. The van der Waals surface area contributed by atoms with Gasteiger partial charge < -0.3 is 10.1 Å². The van der Waals surface area contributed by atoms with Crippen LogP contribution in [0.2, 0.25) is 0 Å². The molecule has 0 unspecified atom stereocenters. The summed E-state index contributed by atoms with van der Waals surface area (Å²) in [5.41, 5.74) is 2.39. The van der Waals surface area contributed by atoms with Crippen molar-refractivity contribution in [3.63, 3.8) is 0 Å². The van der Waals surface area contributed by atoms with Crippen molar-refractivity contribution < 1.29 is 9.53 Å². The van der Waals surface area contributed by atoms with Gasteiger partial charge in [0.05, 0.1) is 29.8 Å². The third-order valence-corrected chi connectivity index (χ3v) is 5.88. The van der Waals surface area contributed by atoms with Crippen molar-refractivity contribution in [3.8, 4) is 0 Å². The van der Waals surface area contributed by atoms with E-state index in [4.69, 9.17) is 4.74 Å². The van der Waals surface area contributed by atoms with Crippen LogP contribution in [0.4, 0.5) is 0 Å². The Kier molecular flexibility index (Phi) is 3.88. The van der Waals surface area contributed by atoms with E-state index >= 15 is 0 Å². The molecule has 4 aromatic rings. The van der Waals surface area contributed by atoms with Crippen molar-refractivity contribution >= 4 is 33.1 Å². The second-order valence-corrected chi connectivity index (χ2v) is 8.44. The van der Waals surface area contributed by atoms with Crippen LogP contribution in [-0.4, -0.2) is 36.1 Å². The number of nitrogens with one attached hydrogen (secondary N) is 1. The molecule has 0 spiro atoms. The lowest BCUT2D eigenvalue weighted by Crippen LogP contribution is -2.31. The first-order valence-electron chi connectivity index (χ1n) is 8.98. The van der Waals surface area contributed by atoms with Crippen LogP contribution < -0.4 is 5.32 Å². The quantitative estimate of drug-likeness (QED) is 0.574. The van der Waals surface area contributed by atoms with Crippen molar-refractivity contribution in [1.29, 1.82) is 0 Å². The van der Waals surface area contributed by atoms with Gasteiger partial charge in [-0.05, 0) is 31.5 Å². The molecule has 0 saturated heterocycles. The Labute approximate surface area is 164 Å². The van der Waals surface area contributed by atoms with E-state index in [1.807, 2.05) is 18.2 Å². The molecule has 1 amide bonds. The average Bonchev–Trinajstić information content (AvgIpc) is 3.27. The number of hydrogen-bond acceptors (Lipinski definition) is 7. The predicted molar refractivity (Wildman–Crippen MR) is 104 cm³/mol. The molecule has 5 rings (SSSR count). The Morgan fingerprint density at radius 2 is 2.25 bits per heavy atom. The van der Waals surface area contributed by atoms with Gasteiger partial charge in [0.1, 0.15) is 11.2 Å². The maximum absolute atomic E-state index is 12.5. The van der Waals surface area contributed by atoms with Gasteiger partial charge in [0, 0.05) is 17.5 Å². The van der Waals surface area contributed by atoms with E-state index < -0.39 is 0 Å². The van der Waals surface area contributed by atoms with Gasteiger partial charge in [0.15, 0.2) is 5.65 Å². The Bertz CT molecular complexity index is 1200. The molecule has 0 aliphatic carbocycles. The number of fused-ring (bicyclic) bond motifs is 5. The van der Waals surface area contributed by atoms with Gasteiger partial charge in [-0.25, -0.2) is 14.5 Å². The molecule has 0 fully saturated rings. The molecule has 28 heavy (non-hydrogen) atoms. The number of ether oxygens (including phenoxy) is 1. The minimum absolute atomic E-state index is 0.122. The van der Waals surface area contributed by atoms with Gasteiger partial charge in [0.2, 0.25) is 5.82 Å². The van der Waals surface area contributed by atoms with Crippen molar-refractivity contribution in [2.75, 3.05) is 0 Å². The van der Waals surface area contributed by atoms with E-state index in [0.717, 1.165) is 22.3 Å². The maximum atomic E-state index is 12.5. The number of nitrogens with zero attached hydrogens (tertiary/aromatic N) is 5. The first kappa shape index (κ1) is 17.2. The fourth-order valence-electron chi connectivity index (χ4n) is 3.39. The summed E-state index contributed by atoms with van der Waals surface area (Å²) in [7, 11) is 0. The predicted octanol–water partition coefficient (Wildman–Crippen LogP) is 2.52. The highest BCUT2D eigenvalue weighted by molar-refractivity contribution is 7.19. The van der Waals surface area contributed by atoms with E-state index in [0.29, 0.717) is 18.8 Å². The Hall–Kier alpha value is -2.91. The van der Waals surface area contributed by atoms with Gasteiger partial charge in [-0.2, -0.15) is 0 Å². The molecule has 0 radical (unpaired) electrons. The van der Waals surface area contributed by atoms with Gasteiger partial charge >= 0.3 is 0 Å². The minimum Gasteiger partial charge on any atom is -0.370 e. The highest BCUT2D eigenvalue weighted by atomic mass is 32.1. The molecule has 1 aliphatic heterocycles. The summed E-state index contributed by atoms with van der Waals surface area (Å²) in [6.45, 7) is 5.05. The smallest absolute Gasteiger partial charge is 0.291 e. The number of amides is 1. The molecule has 9 heteroatoms. The highest BCUT2D eigenvalue weighted by Crippen LogP contribution is 2.39. The van der Waals surface area contributed by atoms with Gasteiger partial charge in [-0.3, -0.25) is 9.78 Å². The Morgan fingerprint density at radius 3 is 3.07 bits per heavy atom. The molecule has 1 aliphatic rings. The lowest BCUT2D eigenvalue weighted by Gasteiger charge is -2.30. The van der Waals surface area contributed by atoms with Crippen LogP contribution in [0, 0.1) is 0 Å². The van der Waals surface area contributed by atoms with Crippen LogP contribution in [0.1, 0.15) is 40.6 Å². The van der Waals surface area contributed by atoms with E-state index in [2.05, 4.69) is 39.2 Å². The zero-order chi connectivity index (χ0) is 19.3. The lowest BCUT2D eigenvalue weighted by molar-refractivity contribution is -0.0379. The summed E-state index contributed by atoms with van der Waals surface area (Å²) in [5, 5.41) is 8.11. The topological polar surface area (TPSA) is 94.3 Å². The number of aromatic nitrogens is 5. The number of thiophene rings is 1. The maximum Gasteiger partial charge on any atom is 0.291 e. The number of rotatable bonds is 3. The number of carbonyl (C=O) groups is 1. The lowest BCUT2D eigenvalue weighted by atomic mass is 9.94. The molecule has 4 aromatic heterocycles. The molecular weight excluding hydrogens is 376 g/mol. The first-order chi connectivity index (χ1) is 13.5. The van der Waals surface area contributed by atoms with E-state index in [-0.39, 0.29) is 17.3 Å². The minimum atomic E-state index is -0.338. The van der Waals surface area contributed by atoms with Crippen LogP contribution in [0.25, 0.3) is 15.9 Å². The molecule has 0 atom stereocenters. The average molecular weight is 394 g/mol. The van der Waals surface area contributed by atoms with Gasteiger partial charge in [-0.1, -0.05) is 6.07 Å². The molecule has 0 saturated carbocycles. The normalized spacial score (nSPS) is 15.6. The molecule has 1 N–H and O–H groups in total. The molecule has 0 aromatic carbocycles. The zero-order valence-corrected chi connectivity index (χ0v) is 16.3. The number of pyridine rings is 1. The van der Waals surface area contributed by atoms with Crippen LogP contribution in [0.5, 0.6) is 0 Å². The fourth-order valence-corrected chi connectivity index (χ4v) is 4.46. The molecule has 8 nitrogen and oxygen atoms in total. The van der Waals surface area contributed by atoms with Crippen molar-refractivity contribution in [2.45, 2.75) is 39.0 Å².